The van der Waals surface area contributed by atoms with Gasteiger partial charge in [0.25, 0.3) is 0 Å². The molecule has 3 aromatic rings. The second-order valence-electron chi connectivity index (χ2n) is 7.95. The zero-order valence-electron chi connectivity index (χ0n) is 16.0. The minimum Gasteiger partial charge on any atom is -0.370 e. The average molecular weight is 365 g/mol. The zero-order chi connectivity index (χ0) is 18.2. The summed E-state index contributed by atoms with van der Waals surface area (Å²) in [6.07, 6.45) is 11.1. The summed E-state index contributed by atoms with van der Waals surface area (Å²) in [5.74, 6) is 1.40. The normalized spacial score (nSPS) is 21.4. The van der Waals surface area contributed by atoms with E-state index in [2.05, 4.69) is 39.4 Å². The highest BCUT2D eigenvalue weighted by Gasteiger charge is 2.25. The number of likely N-dealkylation sites (tertiary alicyclic amines) is 1. The largest absolute Gasteiger partial charge is 0.370 e. The van der Waals surface area contributed by atoms with Crippen LogP contribution in [-0.4, -0.2) is 55.5 Å². The van der Waals surface area contributed by atoms with E-state index in [0.29, 0.717) is 5.92 Å². The molecule has 0 aliphatic carbocycles. The van der Waals surface area contributed by atoms with Gasteiger partial charge in [-0.05, 0) is 44.4 Å². The van der Waals surface area contributed by atoms with Crippen LogP contribution in [0.5, 0.6) is 0 Å². The predicted molar refractivity (Wildman–Crippen MR) is 105 cm³/mol. The van der Waals surface area contributed by atoms with Crippen molar-refractivity contribution in [3.8, 4) is 0 Å². The molecule has 7 heteroatoms. The highest BCUT2D eigenvalue weighted by molar-refractivity contribution is 5.51. The first-order valence-corrected chi connectivity index (χ1v) is 10.1. The number of hydrogen-bond donors (Lipinski definition) is 0. The maximum Gasteiger partial charge on any atom is 0.156 e. The van der Waals surface area contributed by atoms with Gasteiger partial charge in [0, 0.05) is 50.9 Å². The number of hydrogen-bond acceptors (Lipinski definition) is 5. The lowest BCUT2D eigenvalue weighted by Gasteiger charge is -2.30. The molecule has 0 aromatic carbocycles. The second-order valence-corrected chi connectivity index (χ2v) is 7.95. The van der Waals surface area contributed by atoms with Crippen LogP contribution in [0.4, 0.5) is 5.69 Å². The van der Waals surface area contributed by atoms with Crippen molar-refractivity contribution in [2.45, 2.75) is 38.1 Å². The van der Waals surface area contributed by atoms with Gasteiger partial charge in [0.05, 0.1) is 18.1 Å². The molecule has 5 heterocycles. The summed E-state index contributed by atoms with van der Waals surface area (Å²) < 4.78 is 3.85. The van der Waals surface area contributed by atoms with E-state index in [1.807, 2.05) is 22.4 Å². The van der Waals surface area contributed by atoms with E-state index in [9.17, 15) is 0 Å². The zero-order valence-corrected chi connectivity index (χ0v) is 16.0. The van der Waals surface area contributed by atoms with Gasteiger partial charge < -0.3 is 4.90 Å². The van der Waals surface area contributed by atoms with Crippen molar-refractivity contribution in [2.75, 3.05) is 31.1 Å². The molecule has 2 aliphatic heterocycles. The fourth-order valence-electron chi connectivity index (χ4n) is 4.45. The topological polar surface area (TPSA) is 54.5 Å². The summed E-state index contributed by atoms with van der Waals surface area (Å²) in [6.45, 7) is 5.41. The molecule has 5 rings (SSSR count). The molecule has 3 aromatic heterocycles. The van der Waals surface area contributed by atoms with Gasteiger partial charge in [-0.3, -0.25) is 9.58 Å². The predicted octanol–water partition coefficient (Wildman–Crippen LogP) is 2.44. The third-order valence-electron chi connectivity index (χ3n) is 5.84. The van der Waals surface area contributed by atoms with Gasteiger partial charge in [-0.1, -0.05) is 0 Å². The minimum absolute atomic E-state index is 0.408. The van der Waals surface area contributed by atoms with Gasteiger partial charge in [-0.2, -0.15) is 10.2 Å². The van der Waals surface area contributed by atoms with Gasteiger partial charge in [-0.25, -0.2) is 9.50 Å². The van der Waals surface area contributed by atoms with Crippen molar-refractivity contribution < 1.29 is 0 Å². The maximum atomic E-state index is 4.85. The summed E-state index contributed by atoms with van der Waals surface area (Å²) in [5, 5.41) is 9.14. The Labute approximate surface area is 159 Å². The van der Waals surface area contributed by atoms with E-state index in [-0.39, 0.29) is 0 Å². The fraction of sp³-hybridized carbons (Fsp3) is 0.550. The van der Waals surface area contributed by atoms with Crippen molar-refractivity contribution in [1.29, 1.82) is 0 Å². The molecular weight excluding hydrogens is 338 g/mol. The van der Waals surface area contributed by atoms with Crippen LogP contribution in [0.25, 0.3) is 5.65 Å². The van der Waals surface area contributed by atoms with Gasteiger partial charge in [-0.15, -0.1) is 0 Å². The first-order valence-electron chi connectivity index (χ1n) is 10.1. The van der Waals surface area contributed by atoms with Crippen LogP contribution in [0.3, 0.4) is 0 Å². The van der Waals surface area contributed by atoms with Gasteiger partial charge in [0.15, 0.2) is 11.5 Å². The van der Waals surface area contributed by atoms with Crippen LogP contribution in [0, 0.1) is 0 Å². The summed E-state index contributed by atoms with van der Waals surface area (Å²) in [4.78, 5) is 9.79. The Morgan fingerprint density at radius 2 is 1.96 bits per heavy atom. The highest BCUT2D eigenvalue weighted by Crippen LogP contribution is 2.27. The van der Waals surface area contributed by atoms with Gasteiger partial charge >= 0.3 is 0 Å². The number of anilines is 1. The molecule has 0 saturated carbocycles. The molecular formula is C20H27N7. The van der Waals surface area contributed by atoms with Gasteiger partial charge in [0.1, 0.15) is 0 Å². The van der Waals surface area contributed by atoms with Crippen molar-refractivity contribution in [1.82, 2.24) is 29.3 Å². The van der Waals surface area contributed by atoms with E-state index >= 15 is 0 Å². The number of pyridine rings is 1. The van der Waals surface area contributed by atoms with Crippen LogP contribution in [0.1, 0.15) is 43.0 Å². The number of aryl methyl sites for hydroxylation is 1. The third-order valence-corrected chi connectivity index (χ3v) is 5.84. The molecule has 27 heavy (non-hydrogen) atoms. The van der Waals surface area contributed by atoms with Crippen molar-refractivity contribution in [3.63, 3.8) is 0 Å². The number of piperidine rings is 1. The SMILES string of the molecule is Cn1cc(CN2CCC[C@@H](c3nc4ccc(N5CCCC5)cn4n3)C2)cn1. The molecule has 1 atom stereocenters. The summed E-state index contributed by atoms with van der Waals surface area (Å²) in [7, 11) is 1.97. The van der Waals surface area contributed by atoms with Crippen LogP contribution in [-0.2, 0) is 13.6 Å². The van der Waals surface area contributed by atoms with E-state index in [1.54, 1.807) is 0 Å². The smallest absolute Gasteiger partial charge is 0.156 e. The third kappa shape index (κ3) is 3.43. The van der Waals surface area contributed by atoms with E-state index in [0.717, 1.165) is 44.2 Å². The number of nitrogens with zero attached hydrogens (tertiary/aromatic N) is 7. The van der Waals surface area contributed by atoms with Crippen LogP contribution in [0.15, 0.2) is 30.7 Å². The van der Waals surface area contributed by atoms with Gasteiger partial charge in [0.2, 0.25) is 0 Å². The second kappa shape index (κ2) is 6.96. The summed E-state index contributed by atoms with van der Waals surface area (Å²) in [6, 6.07) is 4.30. The standard InChI is InChI=1S/C20H27N7/c1-24-12-16(11-21-24)13-25-8-4-5-17(14-25)20-22-19-7-6-18(15-27(19)23-20)26-9-2-3-10-26/h6-7,11-12,15,17H,2-5,8-10,13-14H2,1H3/t17-/m1/s1. The quantitative estimate of drug-likeness (QED) is 0.711. The van der Waals surface area contributed by atoms with E-state index in [4.69, 9.17) is 10.1 Å². The Kier molecular flexibility index (Phi) is 4.32. The lowest BCUT2D eigenvalue weighted by Crippen LogP contribution is -2.34. The lowest BCUT2D eigenvalue weighted by molar-refractivity contribution is 0.196. The molecule has 2 saturated heterocycles. The Bertz CT molecular complexity index is 921. The molecule has 7 nitrogen and oxygen atoms in total. The lowest BCUT2D eigenvalue weighted by atomic mass is 9.97. The Hall–Kier alpha value is -2.41. The molecule has 0 unspecified atom stereocenters. The first-order chi connectivity index (χ1) is 13.2. The summed E-state index contributed by atoms with van der Waals surface area (Å²) >= 11 is 0. The Balaban J connectivity index is 1.33. The fourth-order valence-corrected chi connectivity index (χ4v) is 4.45. The molecule has 2 fully saturated rings. The first kappa shape index (κ1) is 16.7. The number of aromatic nitrogens is 5. The van der Waals surface area contributed by atoms with E-state index in [1.165, 1.54) is 36.9 Å². The molecule has 2 aliphatic rings. The highest BCUT2D eigenvalue weighted by atomic mass is 15.3. The number of rotatable bonds is 4. The maximum absolute atomic E-state index is 4.85. The van der Waals surface area contributed by atoms with Crippen molar-refractivity contribution >= 4 is 11.3 Å². The summed E-state index contributed by atoms with van der Waals surface area (Å²) in [5.41, 5.74) is 3.49. The molecule has 0 bridgehead atoms. The Morgan fingerprint density at radius 3 is 2.78 bits per heavy atom. The molecule has 142 valence electrons. The molecule has 0 amide bonds. The van der Waals surface area contributed by atoms with Crippen molar-refractivity contribution in [3.05, 3.63) is 42.1 Å². The Morgan fingerprint density at radius 1 is 1.07 bits per heavy atom. The minimum atomic E-state index is 0.408. The van der Waals surface area contributed by atoms with Crippen LogP contribution < -0.4 is 4.90 Å². The number of fused-ring (bicyclic) bond motifs is 1. The molecule has 0 N–H and O–H groups in total. The molecule has 0 radical (unpaired) electrons. The van der Waals surface area contributed by atoms with Crippen LogP contribution in [0.2, 0.25) is 0 Å². The van der Waals surface area contributed by atoms with E-state index < -0.39 is 0 Å². The average Bonchev–Trinajstić information content (AvgIpc) is 3.42. The van der Waals surface area contributed by atoms with Crippen molar-refractivity contribution in [2.24, 2.45) is 7.05 Å². The molecule has 0 spiro atoms. The van der Waals surface area contributed by atoms with Crippen LogP contribution >= 0.6 is 0 Å². The monoisotopic (exact) mass is 365 g/mol.